The highest BCUT2D eigenvalue weighted by Gasteiger charge is 2.50. The Balaban J connectivity index is 1.71. The summed E-state index contributed by atoms with van der Waals surface area (Å²) in [5.74, 6) is -0.406. The zero-order valence-corrected chi connectivity index (χ0v) is 17.7. The van der Waals surface area contributed by atoms with Gasteiger partial charge in [0.25, 0.3) is 5.91 Å². The van der Waals surface area contributed by atoms with Crippen LogP contribution in [0, 0.1) is 11.3 Å². The molecule has 11 heteroatoms. The lowest BCUT2D eigenvalue weighted by Crippen LogP contribution is -2.63. The Kier molecular flexibility index (Phi) is 5.34. The van der Waals surface area contributed by atoms with Crippen molar-refractivity contribution < 1.29 is 18.0 Å². The van der Waals surface area contributed by atoms with Gasteiger partial charge in [-0.15, -0.1) is 0 Å². The van der Waals surface area contributed by atoms with Crippen LogP contribution >= 0.6 is 12.2 Å². The molecular weight excluding hydrogens is 441 g/mol. The number of aromatic amines is 1. The maximum absolute atomic E-state index is 13.6. The van der Waals surface area contributed by atoms with Crippen LogP contribution in [-0.4, -0.2) is 39.2 Å². The van der Waals surface area contributed by atoms with E-state index in [4.69, 9.17) is 17.5 Å². The second-order valence-corrected chi connectivity index (χ2v) is 7.78. The van der Waals surface area contributed by atoms with Gasteiger partial charge >= 0.3 is 6.18 Å². The van der Waals surface area contributed by atoms with E-state index in [1.165, 1.54) is 18.6 Å². The van der Waals surface area contributed by atoms with Crippen molar-refractivity contribution in [1.82, 2.24) is 15.2 Å². The normalized spacial score (nSPS) is 15.0. The molecule has 1 fully saturated rings. The van der Waals surface area contributed by atoms with Gasteiger partial charge in [0.2, 0.25) is 0 Å². The molecule has 7 nitrogen and oxygen atoms in total. The number of benzene rings is 1. The highest BCUT2D eigenvalue weighted by atomic mass is 32.1. The Bertz CT molecular complexity index is 1240. The van der Waals surface area contributed by atoms with Gasteiger partial charge in [0.1, 0.15) is 11.6 Å². The number of thiocarbonyl (C=S) groups is 1. The third kappa shape index (κ3) is 3.46. The first-order valence-electron chi connectivity index (χ1n) is 9.64. The van der Waals surface area contributed by atoms with Crippen LogP contribution in [0.1, 0.15) is 30.5 Å². The Hall–Kier alpha value is -3.52. The number of hydrogen-bond acceptors (Lipinski definition) is 5. The highest BCUT2D eigenvalue weighted by molar-refractivity contribution is 7.79. The lowest BCUT2D eigenvalue weighted by atomic mass is 9.74. The molecule has 1 N–H and O–H groups in total. The molecule has 0 unspecified atom stereocenters. The zero-order chi connectivity index (χ0) is 23.1. The van der Waals surface area contributed by atoms with Gasteiger partial charge in [-0.3, -0.25) is 9.89 Å². The largest absolute Gasteiger partial charge is 0.419 e. The van der Waals surface area contributed by atoms with Crippen molar-refractivity contribution in [1.29, 1.82) is 5.26 Å². The third-order valence-electron chi connectivity index (χ3n) is 5.82. The average Bonchev–Trinajstić information content (AvgIpc) is 3.22. The average molecular weight is 458 g/mol. The molecule has 0 bridgehead atoms. The van der Waals surface area contributed by atoms with E-state index in [-0.39, 0.29) is 5.69 Å². The molecule has 32 heavy (non-hydrogen) atoms. The number of nitrogens with zero attached hydrogens (tertiary/aromatic N) is 5. The van der Waals surface area contributed by atoms with Crippen molar-refractivity contribution >= 4 is 45.9 Å². The smallest absolute Gasteiger partial charge is 0.323 e. The van der Waals surface area contributed by atoms with E-state index in [0.717, 1.165) is 34.5 Å². The van der Waals surface area contributed by atoms with Crippen molar-refractivity contribution in [3.8, 4) is 6.07 Å². The number of aromatic nitrogens is 3. The van der Waals surface area contributed by atoms with Crippen LogP contribution < -0.4 is 9.80 Å². The molecule has 0 spiro atoms. The molecule has 164 valence electrons. The number of nitrogens with one attached hydrogen (secondary N) is 1. The van der Waals surface area contributed by atoms with Gasteiger partial charge in [0.05, 0.1) is 34.7 Å². The van der Waals surface area contributed by atoms with Crippen LogP contribution in [0.5, 0.6) is 0 Å². The number of halogens is 3. The number of pyridine rings is 1. The van der Waals surface area contributed by atoms with Crippen LogP contribution in [0.15, 0.2) is 36.7 Å². The fraction of sp³-hybridized carbons (Fsp3) is 0.286. The molecule has 0 saturated heterocycles. The number of anilines is 2. The number of H-pyrrole nitrogens is 1. The molecule has 3 aromatic rings. The molecule has 1 aliphatic carbocycles. The summed E-state index contributed by atoms with van der Waals surface area (Å²) in [5.41, 5.74) is -0.102. The minimum atomic E-state index is -4.77. The summed E-state index contributed by atoms with van der Waals surface area (Å²) in [6.45, 7) is 0. The molecule has 2 aromatic heterocycles. The SMILES string of the molecule is CN(C(=O)C1(N(C=S)c2ccc3[nH]ncc3c2)CCC1)c1cnc(C#N)c(C(F)(F)F)c1. The number of fused-ring (bicyclic) bond motifs is 1. The predicted molar refractivity (Wildman–Crippen MR) is 116 cm³/mol. The number of amides is 1. The van der Waals surface area contributed by atoms with Gasteiger partial charge in [-0.2, -0.15) is 23.5 Å². The lowest BCUT2D eigenvalue weighted by Gasteiger charge is -2.49. The van der Waals surface area contributed by atoms with Crippen LogP contribution in [-0.2, 0) is 11.0 Å². The number of hydrogen-bond donors (Lipinski definition) is 1. The Morgan fingerprint density at radius 1 is 1.28 bits per heavy atom. The first kappa shape index (κ1) is 21.7. The van der Waals surface area contributed by atoms with Gasteiger partial charge in [-0.25, -0.2) is 4.98 Å². The van der Waals surface area contributed by atoms with Crippen molar-refractivity contribution in [2.45, 2.75) is 31.0 Å². The molecule has 1 aliphatic rings. The maximum Gasteiger partial charge on any atom is 0.419 e. The summed E-state index contributed by atoms with van der Waals surface area (Å²) < 4.78 is 40.1. The van der Waals surface area contributed by atoms with Gasteiger partial charge < -0.3 is 9.80 Å². The van der Waals surface area contributed by atoms with Crippen LogP contribution in [0.3, 0.4) is 0 Å². The molecule has 1 amide bonds. The van der Waals surface area contributed by atoms with Crippen LogP contribution in [0.4, 0.5) is 24.5 Å². The predicted octanol–water partition coefficient (Wildman–Crippen LogP) is 4.20. The van der Waals surface area contributed by atoms with Crippen molar-refractivity contribution in [3.05, 3.63) is 47.9 Å². The molecule has 0 atom stereocenters. The minimum Gasteiger partial charge on any atom is -0.323 e. The Morgan fingerprint density at radius 3 is 2.62 bits per heavy atom. The van der Waals surface area contributed by atoms with Crippen LogP contribution in [0.2, 0.25) is 0 Å². The second kappa shape index (κ2) is 7.87. The number of carbonyl (C=O) groups excluding carboxylic acids is 1. The summed E-state index contributed by atoms with van der Waals surface area (Å²) in [6.07, 6.45) is -0.273. The first-order valence-corrected chi connectivity index (χ1v) is 10.1. The number of alkyl halides is 3. The van der Waals surface area contributed by atoms with Gasteiger partial charge in [0.15, 0.2) is 5.69 Å². The fourth-order valence-electron chi connectivity index (χ4n) is 3.93. The van der Waals surface area contributed by atoms with E-state index in [2.05, 4.69) is 15.2 Å². The summed E-state index contributed by atoms with van der Waals surface area (Å²) in [7, 11) is 1.40. The molecule has 2 heterocycles. The fourth-order valence-corrected chi connectivity index (χ4v) is 4.25. The van der Waals surface area contributed by atoms with Crippen molar-refractivity contribution in [2.24, 2.45) is 0 Å². The molecule has 0 aliphatic heterocycles. The maximum atomic E-state index is 13.6. The third-order valence-corrected chi connectivity index (χ3v) is 6.03. The van der Waals surface area contributed by atoms with Gasteiger partial charge in [0, 0.05) is 18.1 Å². The van der Waals surface area contributed by atoms with Gasteiger partial charge in [-0.1, -0.05) is 12.2 Å². The molecule has 4 rings (SSSR count). The van der Waals surface area contributed by atoms with E-state index < -0.39 is 28.9 Å². The molecule has 0 radical (unpaired) electrons. The van der Waals surface area contributed by atoms with E-state index in [1.54, 1.807) is 11.1 Å². The summed E-state index contributed by atoms with van der Waals surface area (Å²) >= 11 is 5.24. The quantitative estimate of drug-likeness (QED) is 0.577. The number of nitriles is 1. The van der Waals surface area contributed by atoms with E-state index in [9.17, 15) is 18.0 Å². The topological polar surface area (TPSA) is 88.9 Å². The van der Waals surface area contributed by atoms with E-state index in [0.29, 0.717) is 18.5 Å². The number of rotatable bonds is 5. The summed E-state index contributed by atoms with van der Waals surface area (Å²) in [6, 6.07) is 7.69. The van der Waals surface area contributed by atoms with E-state index >= 15 is 0 Å². The summed E-state index contributed by atoms with van der Waals surface area (Å²) in [4.78, 5) is 20.0. The lowest BCUT2D eigenvalue weighted by molar-refractivity contribution is -0.138. The zero-order valence-electron chi connectivity index (χ0n) is 16.8. The molecule has 1 aromatic carbocycles. The van der Waals surface area contributed by atoms with E-state index in [1.807, 2.05) is 18.2 Å². The second-order valence-electron chi connectivity index (χ2n) is 7.57. The number of likely N-dealkylation sites (N-methyl/N-ethyl adjacent to an activating group) is 1. The van der Waals surface area contributed by atoms with Gasteiger partial charge in [-0.05, 0) is 43.5 Å². The van der Waals surface area contributed by atoms with Crippen molar-refractivity contribution in [3.63, 3.8) is 0 Å². The molecular formula is C21H17F3N6OS. The Morgan fingerprint density at radius 2 is 2.03 bits per heavy atom. The monoisotopic (exact) mass is 458 g/mol. The van der Waals surface area contributed by atoms with Crippen molar-refractivity contribution in [2.75, 3.05) is 16.8 Å². The Labute approximate surface area is 186 Å². The standard InChI is InChI=1S/C21H17F3N6OS/c1-29(15-8-16(21(22,23)24)18(9-25)26-11-15)19(31)20(5-2-6-20)30(12-32)14-3-4-17-13(7-14)10-27-28-17/h3-4,7-8,10-12H,2,5-6H2,1H3,(H,27,28). The molecule has 1 saturated carbocycles. The number of carbonyl (C=O) groups is 1. The minimum absolute atomic E-state index is 0.0535. The first-order chi connectivity index (χ1) is 15.2. The highest BCUT2D eigenvalue weighted by Crippen LogP contribution is 2.43. The summed E-state index contributed by atoms with van der Waals surface area (Å²) in [5, 5.41) is 16.7. The van der Waals surface area contributed by atoms with Crippen LogP contribution in [0.25, 0.3) is 10.9 Å².